The van der Waals surface area contributed by atoms with Gasteiger partial charge in [0.05, 0.1) is 12.3 Å². The molecule has 3 aliphatic rings. The Bertz CT molecular complexity index is 1110. The number of fused-ring (bicyclic) bond motifs is 2. The molecule has 2 aliphatic heterocycles. The molecule has 2 heterocycles. The van der Waals surface area contributed by atoms with E-state index in [-0.39, 0.29) is 18.4 Å². The normalized spacial score (nSPS) is 25.1. The van der Waals surface area contributed by atoms with Gasteiger partial charge >= 0.3 is 0 Å². The number of halogens is 1. The van der Waals surface area contributed by atoms with Crippen LogP contribution in [-0.2, 0) is 26.0 Å². The van der Waals surface area contributed by atoms with Crippen molar-refractivity contribution in [1.29, 1.82) is 0 Å². The lowest BCUT2D eigenvalue weighted by Gasteiger charge is -2.57. The molecule has 5 rings (SSSR count). The minimum atomic E-state index is -3.55. The van der Waals surface area contributed by atoms with Gasteiger partial charge in [0.2, 0.25) is 15.8 Å². The van der Waals surface area contributed by atoms with E-state index >= 15 is 4.39 Å². The highest BCUT2D eigenvalue weighted by molar-refractivity contribution is 7.88. The number of hydrogen-bond acceptors (Lipinski definition) is 4. The highest BCUT2D eigenvalue weighted by Crippen LogP contribution is 2.44. The van der Waals surface area contributed by atoms with E-state index in [9.17, 15) is 18.0 Å². The lowest BCUT2D eigenvalue weighted by Crippen LogP contribution is -2.71. The lowest BCUT2D eigenvalue weighted by atomic mass is 9.66. The Labute approximate surface area is 181 Å². The Hall–Kier alpha value is -2.58. The van der Waals surface area contributed by atoms with Crippen LogP contribution < -0.4 is 4.72 Å². The van der Waals surface area contributed by atoms with Gasteiger partial charge in [0.15, 0.2) is 0 Å². The predicted molar refractivity (Wildman–Crippen MR) is 115 cm³/mol. The molecule has 1 aliphatic carbocycles. The van der Waals surface area contributed by atoms with Crippen LogP contribution in [0.15, 0.2) is 48.5 Å². The molecule has 1 amide bonds. The van der Waals surface area contributed by atoms with Crippen LogP contribution >= 0.6 is 0 Å². The van der Waals surface area contributed by atoms with Gasteiger partial charge in [-0.15, -0.1) is 0 Å². The fraction of sp³-hybridized carbons (Fsp3) is 0.391. The zero-order chi connectivity index (χ0) is 22.3. The van der Waals surface area contributed by atoms with Gasteiger partial charge in [-0.25, -0.2) is 17.5 Å². The summed E-state index contributed by atoms with van der Waals surface area (Å²) >= 11 is 0. The number of carbonyl (C=O) groups excluding carboxylic acids is 2. The van der Waals surface area contributed by atoms with Crippen molar-refractivity contribution < 1.29 is 22.4 Å². The molecular formula is C23H25FN2O4S. The van der Waals surface area contributed by atoms with E-state index in [1.165, 1.54) is 11.8 Å². The van der Waals surface area contributed by atoms with Gasteiger partial charge in [-0.05, 0) is 36.3 Å². The highest BCUT2D eigenvalue weighted by Gasteiger charge is 2.53. The standard InChI is InChI=1S/C23H25FN2O4S/c1-14(27)23(28)26-18-11-17(12-18)22(25-31(2,29)30)20(26)13-16-9-6-10-19(21(16)24)15-7-4-3-5-8-15/h3-10,17-18,20,22,25H,11-13H2,1-2H3/t17?,18?,20-,22-/m0/s1. The van der Waals surface area contributed by atoms with E-state index in [1.54, 1.807) is 18.2 Å². The summed E-state index contributed by atoms with van der Waals surface area (Å²) in [6, 6.07) is 12.9. The molecule has 2 bridgehead atoms. The number of amides is 1. The molecular weight excluding hydrogens is 419 g/mol. The molecule has 0 aromatic heterocycles. The summed E-state index contributed by atoms with van der Waals surface area (Å²) in [4.78, 5) is 26.1. The Kier molecular flexibility index (Phi) is 5.70. The summed E-state index contributed by atoms with van der Waals surface area (Å²) in [5.74, 6) is -1.59. The second-order valence-corrected chi connectivity index (χ2v) is 10.3. The van der Waals surface area contributed by atoms with Crippen LogP contribution in [0.2, 0.25) is 0 Å². The summed E-state index contributed by atoms with van der Waals surface area (Å²) in [5.41, 5.74) is 1.56. The van der Waals surface area contributed by atoms with Gasteiger partial charge in [0.25, 0.3) is 5.91 Å². The SMILES string of the molecule is CC(=O)C(=O)N1C2CC(C2)[C@H](NS(C)(=O)=O)[C@@H]1Cc1cccc(-c2ccccc2)c1F. The first-order valence-electron chi connectivity index (χ1n) is 10.3. The van der Waals surface area contributed by atoms with Gasteiger partial charge in [-0.2, -0.15) is 0 Å². The van der Waals surface area contributed by atoms with E-state index in [0.29, 0.717) is 24.0 Å². The van der Waals surface area contributed by atoms with Crippen LogP contribution in [0, 0.1) is 11.7 Å². The molecule has 0 radical (unpaired) electrons. The maximum Gasteiger partial charge on any atom is 0.290 e. The molecule has 2 aromatic carbocycles. The summed E-state index contributed by atoms with van der Waals surface area (Å²) in [7, 11) is -3.55. The van der Waals surface area contributed by atoms with Crippen molar-refractivity contribution in [3.63, 3.8) is 0 Å². The zero-order valence-electron chi connectivity index (χ0n) is 17.4. The van der Waals surface area contributed by atoms with Crippen molar-refractivity contribution in [2.24, 2.45) is 5.92 Å². The van der Waals surface area contributed by atoms with Crippen molar-refractivity contribution in [2.45, 2.75) is 44.3 Å². The molecule has 0 spiro atoms. The van der Waals surface area contributed by atoms with Crippen molar-refractivity contribution >= 4 is 21.7 Å². The molecule has 3 fully saturated rings. The zero-order valence-corrected chi connectivity index (χ0v) is 18.2. The van der Waals surface area contributed by atoms with Crippen LogP contribution in [-0.4, -0.2) is 49.4 Å². The molecule has 1 saturated carbocycles. The van der Waals surface area contributed by atoms with Crippen molar-refractivity contribution in [3.05, 3.63) is 59.9 Å². The van der Waals surface area contributed by atoms with Crippen molar-refractivity contribution in [1.82, 2.24) is 9.62 Å². The first kappa shape index (κ1) is 21.6. The smallest absolute Gasteiger partial charge is 0.290 e. The number of piperidine rings is 2. The van der Waals surface area contributed by atoms with Gasteiger partial charge in [0, 0.05) is 24.6 Å². The van der Waals surface area contributed by atoms with E-state index in [2.05, 4.69) is 4.72 Å². The first-order chi connectivity index (χ1) is 14.7. The van der Waals surface area contributed by atoms with Crippen LogP contribution in [0.4, 0.5) is 4.39 Å². The predicted octanol–water partition coefficient (Wildman–Crippen LogP) is 2.53. The van der Waals surface area contributed by atoms with E-state index in [4.69, 9.17) is 0 Å². The number of nitrogens with one attached hydrogen (secondary N) is 1. The van der Waals surface area contributed by atoms with Gasteiger partial charge in [0.1, 0.15) is 5.82 Å². The molecule has 2 aromatic rings. The topological polar surface area (TPSA) is 83.6 Å². The molecule has 31 heavy (non-hydrogen) atoms. The number of carbonyl (C=O) groups is 2. The minimum Gasteiger partial charge on any atom is -0.328 e. The Morgan fingerprint density at radius 3 is 2.39 bits per heavy atom. The fourth-order valence-electron chi connectivity index (χ4n) is 4.86. The highest BCUT2D eigenvalue weighted by atomic mass is 32.2. The molecule has 2 atom stereocenters. The third-order valence-electron chi connectivity index (χ3n) is 6.30. The molecule has 1 N–H and O–H groups in total. The number of hydrogen-bond donors (Lipinski definition) is 1. The number of sulfonamides is 1. The van der Waals surface area contributed by atoms with E-state index in [0.717, 1.165) is 11.8 Å². The minimum absolute atomic E-state index is 0.0566. The van der Waals surface area contributed by atoms with Crippen LogP contribution in [0.1, 0.15) is 25.3 Å². The fourth-order valence-corrected chi connectivity index (χ4v) is 5.70. The number of Topliss-reactive ketones (excluding diaryl/α,β-unsaturated/α-hetero) is 1. The van der Waals surface area contributed by atoms with E-state index in [1.807, 2.05) is 30.3 Å². The third-order valence-corrected chi connectivity index (χ3v) is 7.00. The monoisotopic (exact) mass is 444 g/mol. The largest absolute Gasteiger partial charge is 0.328 e. The quantitative estimate of drug-likeness (QED) is 0.694. The molecule has 8 heteroatoms. The first-order valence-corrected chi connectivity index (χ1v) is 12.2. The van der Waals surface area contributed by atoms with Crippen molar-refractivity contribution in [2.75, 3.05) is 6.26 Å². The lowest BCUT2D eigenvalue weighted by molar-refractivity contribution is -0.156. The number of benzene rings is 2. The van der Waals surface area contributed by atoms with E-state index < -0.39 is 39.6 Å². The van der Waals surface area contributed by atoms with Crippen LogP contribution in [0.5, 0.6) is 0 Å². The second kappa shape index (κ2) is 8.16. The molecule has 0 unspecified atom stereocenters. The third kappa shape index (κ3) is 4.27. The number of nitrogens with zero attached hydrogens (tertiary/aromatic N) is 1. The Morgan fingerprint density at radius 1 is 1.10 bits per heavy atom. The molecule has 2 saturated heterocycles. The van der Waals surface area contributed by atoms with Crippen molar-refractivity contribution in [3.8, 4) is 11.1 Å². The Balaban J connectivity index is 1.72. The van der Waals surface area contributed by atoms with Crippen LogP contribution in [0.3, 0.4) is 0 Å². The second-order valence-electron chi connectivity index (χ2n) is 8.49. The summed E-state index contributed by atoms with van der Waals surface area (Å²) in [5, 5.41) is 0. The maximum atomic E-state index is 15.5. The summed E-state index contributed by atoms with van der Waals surface area (Å²) < 4.78 is 42.2. The van der Waals surface area contributed by atoms with Crippen LogP contribution in [0.25, 0.3) is 11.1 Å². The molecule has 6 nitrogen and oxygen atoms in total. The number of ketones is 1. The van der Waals surface area contributed by atoms with Gasteiger partial charge in [-0.1, -0.05) is 48.5 Å². The number of rotatable bonds is 6. The summed E-state index contributed by atoms with van der Waals surface area (Å²) in [6.07, 6.45) is 2.46. The average Bonchev–Trinajstić information content (AvgIpc) is 2.68. The Morgan fingerprint density at radius 2 is 1.77 bits per heavy atom. The van der Waals surface area contributed by atoms with Gasteiger partial charge in [-0.3, -0.25) is 9.59 Å². The summed E-state index contributed by atoms with van der Waals surface area (Å²) in [6.45, 7) is 1.21. The maximum absolute atomic E-state index is 15.5. The average molecular weight is 445 g/mol. The molecule has 164 valence electrons. The van der Waals surface area contributed by atoms with Gasteiger partial charge < -0.3 is 4.90 Å².